The van der Waals surface area contributed by atoms with Crippen LogP contribution in [0.1, 0.15) is 65.7 Å². The molecule has 0 bridgehead atoms. The number of anilines is 1. The van der Waals surface area contributed by atoms with Gasteiger partial charge in [0.15, 0.2) is 11.5 Å². The molecule has 1 spiro atoms. The monoisotopic (exact) mass is 374 g/mol. The molecule has 2 amide bonds. The number of hydrogen-bond acceptors (Lipinski definition) is 4. The summed E-state index contributed by atoms with van der Waals surface area (Å²) < 4.78 is 12.1. The van der Waals surface area contributed by atoms with Crippen LogP contribution in [0.3, 0.4) is 0 Å². The average Bonchev–Trinajstić information content (AvgIpc) is 2.94. The molecule has 0 saturated heterocycles. The fraction of sp³-hybridized carbons (Fsp3) is 0.619. The van der Waals surface area contributed by atoms with E-state index in [9.17, 15) is 9.59 Å². The Morgan fingerprint density at radius 2 is 1.78 bits per heavy atom. The van der Waals surface area contributed by atoms with Crippen LogP contribution in [-0.4, -0.2) is 24.1 Å². The first-order valence-electron chi connectivity index (χ1n) is 9.88. The number of fused-ring (bicyclic) bond motifs is 1. The molecular weight excluding hydrogens is 344 g/mol. The van der Waals surface area contributed by atoms with Crippen LogP contribution in [0.4, 0.5) is 5.69 Å². The Kier molecular flexibility index (Phi) is 5.63. The maximum Gasteiger partial charge on any atom is 0.251 e. The number of benzene rings is 1. The zero-order chi connectivity index (χ0) is 19.5. The number of nitrogens with one attached hydrogen (secondary N) is 2. The van der Waals surface area contributed by atoms with Crippen LogP contribution in [0, 0.1) is 5.41 Å². The molecule has 0 unspecified atom stereocenters. The molecule has 0 atom stereocenters. The molecule has 0 radical (unpaired) electrons. The van der Waals surface area contributed by atoms with Crippen molar-refractivity contribution in [1.29, 1.82) is 0 Å². The Balaban J connectivity index is 1.46. The number of carbonyl (C=O) groups is 2. The summed E-state index contributed by atoms with van der Waals surface area (Å²) in [6, 6.07) is 5.53. The maximum absolute atomic E-state index is 12.2. The molecule has 6 nitrogen and oxygen atoms in total. The molecule has 1 aliphatic carbocycles. The molecule has 1 heterocycles. The fourth-order valence-corrected chi connectivity index (χ4v) is 3.41. The standard InChI is InChI=1S/C21H30N2O4/c1-20(2,3)19(25)22-13-7-8-18(24)23-15-9-10-16-17(14-15)27-21(26-16)11-5-4-6-12-21/h9-10,14H,4-8,11-13H2,1-3H3,(H,22,25)(H,23,24). The molecule has 1 saturated carbocycles. The third-order valence-electron chi connectivity index (χ3n) is 4.98. The smallest absolute Gasteiger partial charge is 0.251 e. The molecule has 1 aliphatic heterocycles. The summed E-state index contributed by atoms with van der Waals surface area (Å²) in [6.07, 6.45) is 6.21. The van der Waals surface area contributed by atoms with E-state index in [4.69, 9.17) is 9.47 Å². The lowest BCUT2D eigenvalue weighted by atomic mass is 9.94. The molecule has 1 aromatic rings. The highest BCUT2D eigenvalue weighted by molar-refractivity contribution is 5.91. The first-order chi connectivity index (χ1) is 12.8. The predicted octanol–water partition coefficient (Wildman–Crippen LogP) is 4.00. The van der Waals surface area contributed by atoms with Crippen molar-refractivity contribution in [1.82, 2.24) is 5.32 Å². The van der Waals surface area contributed by atoms with Crippen LogP contribution in [0.5, 0.6) is 11.5 Å². The van der Waals surface area contributed by atoms with Crippen molar-refractivity contribution in [2.45, 2.75) is 71.5 Å². The van der Waals surface area contributed by atoms with E-state index < -0.39 is 11.2 Å². The number of hydrogen-bond donors (Lipinski definition) is 2. The van der Waals surface area contributed by atoms with Crippen molar-refractivity contribution in [2.24, 2.45) is 5.41 Å². The first kappa shape index (κ1) is 19.5. The highest BCUT2D eigenvalue weighted by Gasteiger charge is 2.42. The lowest BCUT2D eigenvalue weighted by molar-refractivity contribution is -0.128. The molecule has 6 heteroatoms. The Morgan fingerprint density at radius 3 is 2.48 bits per heavy atom. The topological polar surface area (TPSA) is 76.7 Å². The number of carbonyl (C=O) groups excluding carboxylic acids is 2. The molecule has 1 aromatic carbocycles. The van der Waals surface area contributed by atoms with E-state index in [1.54, 1.807) is 0 Å². The summed E-state index contributed by atoms with van der Waals surface area (Å²) >= 11 is 0. The second-order valence-corrected chi connectivity index (χ2v) is 8.49. The highest BCUT2D eigenvalue weighted by atomic mass is 16.7. The Morgan fingerprint density at radius 1 is 1.07 bits per heavy atom. The quantitative estimate of drug-likeness (QED) is 0.764. The Labute approximate surface area is 161 Å². The van der Waals surface area contributed by atoms with Crippen LogP contribution in [0.25, 0.3) is 0 Å². The third-order valence-corrected chi connectivity index (χ3v) is 4.98. The number of amides is 2. The van der Waals surface area contributed by atoms with Gasteiger partial charge in [-0.2, -0.15) is 0 Å². The maximum atomic E-state index is 12.2. The predicted molar refractivity (Wildman–Crippen MR) is 104 cm³/mol. The zero-order valence-corrected chi connectivity index (χ0v) is 16.5. The summed E-state index contributed by atoms with van der Waals surface area (Å²) in [7, 11) is 0. The minimum Gasteiger partial charge on any atom is -0.448 e. The van der Waals surface area contributed by atoms with Gasteiger partial charge in [-0.25, -0.2) is 0 Å². The van der Waals surface area contributed by atoms with Gasteiger partial charge in [0.1, 0.15) is 0 Å². The lowest BCUT2D eigenvalue weighted by Gasteiger charge is -2.31. The summed E-state index contributed by atoms with van der Waals surface area (Å²) in [4.78, 5) is 24.0. The van der Waals surface area contributed by atoms with E-state index >= 15 is 0 Å². The molecule has 0 aromatic heterocycles. The van der Waals surface area contributed by atoms with E-state index in [-0.39, 0.29) is 11.8 Å². The minimum absolute atomic E-state index is 0.00433. The summed E-state index contributed by atoms with van der Waals surface area (Å²) in [5.41, 5.74) is 0.290. The molecular formula is C21H30N2O4. The van der Waals surface area contributed by atoms with Crippen LogP contribution >= 0.6 is 0 Å². The second-order valence-electron chi connectivity index (χ2n) is 8.49. The van der Waals surface area contributed by atoms with Crippen LogP contribution < -0.4 is 20.1 Å². The van der Waals surface area contributed by atoms with Crippen molar-refractivity contribution >= 4 is 17.5 Å². The minimum atomic E-state index is -0.505. The summed E-state index contributed by atoms with van der Waals surface area (Å²) in [5, 5.41) is 5.75. The molecule has 2 N–H and O–H groups in total. The van der Waals surface area contributed by atoms with Crippen molar-refractivity contribution in [3.05, 3.63) is 18.2 Å². The first-order valence-corrected chi connectivity index (χ1v) is 9.88. The SMILES string of the molecule is CC(C)(C)C(=O)NCCCC(=O)Nc1ccc2c(c1)OC1(CCCCC1)O2. The van der Waals surface area contributed by atoms with Gasteiger partial charge in [0.2, 0.25) is 11.8 Å². The van der Waals surface area contributed by atoms with E-state index in [1.807, 2.05) is 39.0 Å². The normalized spacial score (nSPS) is 17.6. The van der Waals surface area contributed by atoms with E-state index in [0.29, 0.717) is 30.8 Å². The van der Waals surface area contributed by atoms with Gasteiger partial charge < -0.3 is 20.1 Å². The summed E-state index contributed by atoms with van der Waals surface area (Å²) in [5.74, 6) is 0.864. The van der Waals surface area contributed by atoms with Gasteiger partial charge in [0.25, 0.3) is 5.79 Å². The van der Waals surface area contributed by atoms with Gasteiger partial charge >= 0.3 is 0 Å². The van der Waals surface area contributed by atoms with Crippen molar-refractivity contribution in [3.8, 4) is 11.5 Å². The van der Waals surface area contributed by atoms with Crippen LogP contribution in [-0.2, 0) is 9.59 Å². The van der Waals surface area contributed by atoms with E-state index in [1.165, 1.54) is 6.42 Å². The van der Waals surface area contributed by atoms with Crippen molar-refractivity contribution in [2.75, 3.05) is 11.9 Å². The lowest BCUT2D eigenvalue weighted by Crippen LogP contribution is -2.40. The largest absolute Gasteiger partial charge is 0.448 e. The molecule has 148 valence electrons. The fourth-order valence-electron chi connectivity index (χ4n) is 3.41. The van der Waals surface area contributed by atoms with Gasteiger partial charge in [-0.05, 0) is 31.4 Å². The van der Waals surface area contributed by atoms with Crippen LogP contribution in [0.15, 0.2) is 18.2 Å². The van der Waals surface area contributed by atoms with E-state index in [2.05, 4.69) is 10.6 Å². The molecule has 1 fully saturated rings. The van der Waals surface area contributed by atoms with Gasteiger partial charge in [-0.3, -0.25) is 9.59 Å². The van der Waals surface area contributed by atoms with Gasteiger partial charge in [-0.15, -0.1) is 0 Å². The van der Waals surface area contributed by atoms with Gasteiger partial charge in [0, 0.05) is 43.0 Å². The molecule has 3 rings (SSSR count). The average molecular weight is 374 g/mol. The second kappa shape index (κ2) is 7.79. The van der Waals surface area contributed by atoms with E-state index in [0.717, 1.165) is 31.4 Å². The van der Waals surface area contributed by atoms with Crippen LogP contribution in [0.2, 0.25) is 0 Å². The van der Waals surface area contributed by atoms with Gasteiger partial charge in [-0.1, -0.05) is 27.2 Å². The highest BCUT2D eigenvalue weighted by Crippen LogP contribution is 2.46. The molecule has 27 heavy (non-hydrogen) atoms. The zero-order valence-electron chi connectivity index (χ0n) is 16.5. The number of rotatable bonds is 5. The Bertz CT molecular complexity index is 703. The third kappa shape index (κ3) is 4.93. The Hall–Kier alpha value is -2.24. The van der Waals surface area contributed by atoms with Crippen molar-refractivity contribution in [3.63, 3.8) is 0 Å². The number of ether oxygens (including phenoxy) is 2. The van der Waals surface area contributed by atoms with Crippen molar-refractivity contribution < 1.29 is 19.1 Å². The summed E-state index contributed by atoms with van der Waals surface area (Å²) in [6.45, 7) is 6.09. The van der Waals surface area contributed by atoms with Gasteiger partial charge in [0.05, 0.1) is 0 Å². The molecule has 2 aliphatic rings.